The first-order valence-corrected chi connectivity index (χ1v) is 12.9. The number of fused-ring (bicyclic) bond motifs is 1. The smallest absolute Gasteiger partial charge is 0.409 e. The molecule has 0 saturated carbocycles. The lowest BCUT2D eigenvalue weighted by Crippen LogP contribution is -2.49. The number of amides is 2. The van der Waals surface area contributed by atoms with Crippen LogP contribution in [0.15, 0.2) is 60.8 Å². The number of carbonyl (C=O) groups is 2. The van der Waals surface area contributed by atoms with Gasteiger partial charge < -0.3 is 24.3 Å². The number of piperidine rings is 1. The molecule has 0 atom stereocenters. The van der Waals surface area contributed by atoms with E-state index in [-0.39, 0.29) is 23.0 Å². The van der Waals surface area contributed by atoms with Gasteiger partial charge in [-0.15, -0.1) is 0 Å². The van der Waals surface area contributed by atoms with Gasteiger partial charge in [0.15, 0.2) is 0 Å². The highest BCUT2D eigenvalue weighted by molar-refractivity contribution is 6.03. The predicted molar refractivity (Wildman–Crippen MR) is 144 cm³/mol. The average Bonchev–Trinajstić information content (AvgIpc) is 3.45. The summed E-state index contributed by atoms with van der Waals surface area (Å²) in [6, 6.07) is 17.9. The topological polar surface area (TPSA) is 72.8 Å². The minimum atomic E-state index is -0.257. The van der Waals surface area contributed by atoms with E-state index in [9.17, 15) is 9.59 Å². The quantitative estimate of drug-likeness (QED) is 0.483. The Bertz CT molecular complexity index is 1300. The molecule has 1 aromatic heterocycles. The number of aromatic nitrogens is 1. The summed E-state index contributed by atoms with van der Waals surface area (Å²) in [4.78, 5) is 26.7. The first-order chi connectivity index (χ1) is 17.6. The lowest BCUT2D eigenvalue weighted by molar-refractivity contribution is 0.00956. The number of hydrogen-bond acceptors (Lipinski definition) is 4. The van der Waals surface area contributed by atoms with Crippen molar-refractivity contribution >= 4 is 17.7 Å². The predicted octanol–water partition coefficient (Wildman–Crippen LogP) is 5.90. The van der Waals surface area contributed by atoms with Crippen LogP contribution in [0.3, 0.4) is 0 Å². The van der Waals surface area contributed by atoms with Crippen molar-refractivity contribution < 1.29 is 19.1 Å². The second kappa shape index (κ2) is 9.61. The molecule has 194 valence electrons. The fourth-order valence-corrected chi connectivity index (χ4v) is 5.00. The van der Waals surface area contributed by atoms with Gasteiger partial charge in [-0.3, -0.25) is 4.79 Å². The Morgan fingerprint density at radius 1 is 1.03 bits per heavy atom. The molecule has 1 saturated heterocycles. The van der Waals surface area contributed by atoms with Gasteiger partial charge in [-0.2, -0.15) is 0 Å². The normalized spacial score (nSPS) is 16.3. The SMILES string of the molecule is Cn1cccc1C(=O)Nc1ccc(-c2ccc3c(c2)CC2(CCN(C(=O)OCC(C)(C)C)CC2)O3)cc1. The molecular formula is C30H35N3O4. The first-order valence-electron chi connectivity index (χ1n) is 12.9. The molecule has 2 aliphatic rings. The van der Waals surface area contributed by atoms with Gasteiger partial charge in [0.1, 0.15) is 17.0 Å². The number of anilines is 1. The standard InChI is InChI=1S/C30H35N3O4/c1-29(2,3)20-36-28(35)33-16-13-30(14-17-33)19-23-18-22(9-12-26(23)37-30)21-7-10-24(11-8-21)31-27(34)25-6-5-15-32(25)4/h5-12,15,18H,13-14,16-17,19-20H2,1-4H3,(H,31,34). The van der Waals surface area contributed by atoms with Crippen LogP contribution in [0.25, 0.3) is 11.1 Å². The second-order valence-corrected chi connectivity index (χ2v) is 11.4. The zero-order valence-corrected chi connectivity index (χ0v) is 22.0. The van der Waals surface area contributed by atoms with E-state index >= 15 is 0 Å². The van der Waals surface area contributed by atoms with Crippen LogP contribution >= 0.6 is 0 Å². The maximum Gasteiger partial charge on any atom is 0.409 e. The molecule has 0 bridgehead atoms. The lowest BCUT2D eigenvalue weighted by Gasteiger charge is -2.38. The largest absolute Gasteiger partial charge is 0.487 e. The van der Waals surface area contributed by atoms with Crippen LogP contribution in [0.5, 0.6) is 5.75 Å². The van der Waals surface area contributed by atoms with Crippen LogP contribution in [0.1, 0.15) is 49.7 Å². The van der Waals surface area contributed by atoms with Gasteiger partial charge in [0.2, 0.25) is 0 Å². The number of benzene rings is 2. The Morgan fingerprint density at radius 2 is 1.73 bits per heavy atom. The monoisotopic (exact) mass is 501 g/mol. The van der Waals surface area contributed by atoms with Gasteiger partial charge in [0, 0.05) is 51.3 Å². The van der Waals surface area contributed by atoms with E-state index < -0.39 is 0 Å². The van der Waals surface area contributed by atoms with Gasteiger partial charge in [-0.25, -0.2) is 4.79 Å². The van der Waals surface area contributed by atoms with Crippen molar-refractivity contribution in [2.75, 3.05) is 25.0 Å². The number of likely N-dealkylation sites (tertiary alicyclic amines) is 1. The molecule has 1 fully saturated rings. The van der Waals surface area contributed by atoms with E-state index in [2.05, 4.69) is 44.3 Å². The minimum Gasteiger partial charge on any atom is -0.487 e. The number of aryl methyl sites for hydroxylation is 1. The average molecular weight is 502 g/mol. The van der Waals surface area contributed by atoms with Crippen LogP contribution < -0.4 is 10.1 Å². The number of hydrogen-bond donors (Lipinski definition) is 1. The number of nitrogens with zero attached hydrogens (tertiary/aromatic N) is 2. The summed E-state index contributed by atoms with van der Waals surface area (Å²) in [5.74, 6) is 0.799. The number of carbonyl (C=O) groups excluding carboxylic acids is 2. The second-order valence-electron chi connectivity index (χ2n) is 11.4. The zero-order valence-electron chi connectivity index (χ0n) is 22.0. The van der Waals surface area contributed by atoms with Crippen molar-refractivity contribution in [3.8, 4) is 16.9 Å². The third kappa shape index (κ3) is 5.50. The van der Waals surface area contributed by atoms with Gasteiger partial charge in [0.05, 0.1) is 6.61 Å². The number of rotatable bonds is 4. The Labute approximate surface area is 218 Å². The highest BCUT2D eigenvalue weighted by Crippen LogP contribution is 2.42. The summed E-state index contributed by atoms with van der Waals surface area (Å²) in [7, 11) is 1.85. The number of nitrogens with one attached hydrogen (secondary N) is 1. The van der Waals surface area contributed by atoms with Crippen molar-refractivity contribution in [3.05, 3.63) is 72.1 Å². The summed E-state index contributed by atoms with van der Waals surface area (Å²) >= 11 is 0. The molecular weight excluding hydrogens is 466 g/mol. The summed E-state index contributed by atoms with van der Waals surface area (Å²) in [5, 5.41) is 2.95. The molecule has 2 aromatic carbocycles. The van der Waals surface area contributed by atoms with Crippen molar-refractivity contribution in [1.29, 1.82) is 0 Å². The molecule has 2 aliphatic heterocycles. The minimum absolute atomic E-state index is 0.0448. The molecule has 1 N–H and O–H groups in total. The molecule has 5 rings (SSSR count). The Morgan fingerprint density at radius 3 is 2.38 bits per heavy atom. The fraction of sp³-hybridized carbons (Fsp3) is 0.400. The van der Waals surface area contributed by atoms with Gasteiger partial charge in [-0.1, -0.05) is 39.0 Å². The van der Waals surface area contributed by atoms with Crippen LogP contribution in [0, 0.1) is 5.41 Å². The van der Waals surface area contributed by atoms with E-state index in [1.807, 2.05) is 43.6 Å². The summed E-state index contributed by atoms with van der Waals surface area (Å²) < 4.78 is 13.7. The summed E-state index contributed by atoms with van der Waals surface area (Å²) in [6.07, 6.45) is 4.04. The summed E-state index contributed by atoms with van der Waals surface area (Å²) in [5.41, 5.74) is 4.46. The van der Waals surface area contributed by atoms with Crippen molar-refractivity contribution in [1.82, 2.24) is 9.47 Å². The van der Waals surface area contributed by atoms with E-state index in [0.29, 0.717) is 25.4 Å². The van der Waals surface area contributed by atoms with E-state index in [0.717, 1.165) is 41.8 Å². The number of ether oxygens (including phenoxy) is 2. The van der Waals surface area contributed by atoms with E-state index in [1.54, 1.807) is 15.5 Å². The summed E-state index contributed by atoms with van der Waals surface area (Å²) in [6.45, 7) is 7.86. The van der Waals surface area contributed by atoms with Crippen molar-refractivity contribution in [2.45, 2.75) is 45.6 Å². The van der Waals surface area contributed by atoms with Gasteiger partial charge in [0.25, 0.3) is 5.91 Å². The van der Waals surface area contributed by atoms with Crippen LogP contribution in [-0.4, -0.2) is 46.8 Å². The lowest BCUT2D eigenvalue weighted by atomic mass is 9.86. The maximum absolute atomic E-state index is 12.5. The molecule has 1 spiro atoms. The molecule has 7 nitrogen and oxygen atoms in total. The van der Waals surface area contributed by atoms with Gasteiger partial charge >= 0.3 is 6.09 Å². The van der Waals surface area contributed by atoms with E-state index in [4.69, 9.17) is 9.47 Å². The molecule has 3 aromatic rings. The Kier molecular flexibility index (Phi) is 6.48. The fourth-order valence-electron chi connectivity index (χ4n) is 5.00. The molecule has 3 heterocycles. The third-order valence-electron chi connectivity index (χ3n) is 7.11. The zero-order chi connectivity index (χ0) is 26.2. The Balaban J connectivity index is 1.20. The molecule has 0 aliphatic carbocycles. The molecule has 2 amide bonds. The molecule has 0 unspecified atom stereocenters. The van der Waals surface area contributed by atoms with Gasteiger partial charge in [-0.05, 0) is 58.5 Å². The van der Waals surface area contributed by atoms with Crippen LogP contribution in [-0.2, 0) is 18.2 Å². The van der Waals surface area contributed by atoms with Crippen molar-refractivity contribution in [2.24, 2.45) is 12.5 Å². The highest BCUT2D eigenvalue weighted by atomic mass is 16.6. The molecule has 7 heteroatoms. The van der Waals surface area contributed by atoms with Crippen LogP contribution in [0.4, 0.5) is 10.5 Å². The highest BCUT2D eigenvalue weighted by Gasteiger charge is 2.43. The Hall–Kier alpha value is -3.74. The first kappa shape index (κ1) is 24.9. The third-order valence-corrected chi connectivity index (χ3v) is 7.11. The van der Waals surface area contributed by atoms with E-state index in [1.165, 1.54) is 5.56 Å². The molecule has 0 radical (unpaired) electrons. The molecule has 37 heavy (non-hydrogen) atoms. The van der Waals surface area contributed by atoms with Crippen molar-refractivity contribution in [3.63, 3.8) is 0 Å². The van der Waals surface area contributed by atoms with Crippen LogP contribution in [0.2, 0.25) is 0 Å². The maximum atomic E-state index is 12.5.